The molecule has 29 heavy (non-hydrogen) atoms. The molecule has 0 saturated heterocycles. The molecule has 0 saturated carbocycles. The fourth-order valence-electron chi connectivity index (χ4n) is 3.49. The smallest absolute Gasteiger partial charge is 0.229 e. The predicted molar refractivity (Wildman–Crippen MR) is 101 cm³/mol. The van der Waals surface area contributed by atoms with Gasteiger partial charge < -0.3 is 15.2 Å². The molecule has 7 nitrogen and oxygen atoms in total. The van der Waals surface area contributed by atoms with Crippen molar-refractivity contribution in [2.75, 3.05) is 7.11 Å². The van der Waals surface area contributed by atoms with Crippen LogP contribution in [0.5, 0.6) is 5.75 Å². The lowest BCUT2D eigenvalue weighted by molar-refractivity contribution is 0.0853. The van der Waals surface area contributed by atoms with Gasteiger partial charge in [0.05, 0.1) is 18.6 Å². The van der Waals surface area contributed by atoms with Crippen molar-refractivity contribution in [2.45, 2.75) is 0 Å². The standard InChI is InChI=1S/C22H14N2O5/c1-28-12-8-6-11(7-9-12)18(25)16-15(10-23)22(24)29-21-17(16)19(26)13-4-2-3-5-14(13)20(21)27/h2-9,16H,24H2,1H3. The van der Waals surface area contributed by atoms with Crippen LogP contribution in [0.15, 0.2) is 71.3 Å². The summed E-state index contributed by atoms with van der Waals surface area (Å²) in [5, 5.41) is 9.59. The van der Waals surface area contributed by atoms with Crippen LogP contribution in [-0.4, -0.2) is 24.5 Å². The number of carbonyl (C=O) groups excluding carboxylic acids is 3. The molecule has 2 aromatic carbocycles. The van der Waals surface area contributed by atoms with E-state index in [1.54, 1.807) is 24.3 Å². The van der Waals surface area contributed by atoms with Gasteiger partial charge in [-0.1, -0.05) is 24.3 Å². The number of allylic oxidation sites excluding steroid dienone is 3. The lowest BCUT2D eigenvalue weighted by Crippen LogP contribution is -2.36. The molecule has 1 aliphatic heterocycles. The van der Waals surface area contributed by atoms with E-state index in [0.717, 1.165) is 0 Å². The van der Waals surface area contributed by atoms with E-state index in [2.05, 4.69) is 0 Å². The second-order valence-corrected chi connectivity index (χ2v) is 6.46. The van der Waals surface area contributed by atoms with E-state index < -0.39 is 23.3 Å². The SMILES string of the molecule is COc1ccc(C(=O)C2C(C#N)=C(N)OC3=C2C(=O)c2ccccc2C3=O)cc1. The summed E-state index contributed by atoms with van der Waals surface area (Å²) in [6.45, 7) is 0. The molecule has 0 amide bonds. The fraction of sp³-hybridized carbons (Fsp3) is 0.0909. The molecule has 2 aliphatic rings. The zero-order valence-corrected chi connectivity index (χ0v) is 15.3. The quantitative estimate of drug-likeness (QED) is 0.805. The molecule has 7 heteroatoms. The average molecular weight is 386 g/mol. The molecule has 0 spiro atoms. The van der Waals surface area contributed by atoms with Gasteiger partial charge in [-0.05, 0) is 24.3 Å². The molecule has 0 bridgehead atoms. The first-order valence-corrected chi connectivity index (χ1v) is 8.66. The van der Waals surface area contributed by atoms with E-state index in [9.17, 15) is 19.6 Å². The largest absolute Gasteiger partial charge is 0.497 e. The fourth-order valence-corrected chi connectivity index (χ4v) is 3.49. The van der Waals surface area contributed by atoms with Crippen LogP contribution in [-0.2, 0) is 4.74 Å². The third kappa shape index (κ3) is 2.70. The van der Waals surface area contributed by atoms with Crippen molar-refractivity contribution < 1.29 is 23.9 Å². The highest BCUT2D eigenvalue weighted by atomic mass is 16.5. The van der Waals surface area contributed by atoms with Gasteiger partial charge in [0.15, 0.2) is 17.3 Å². The van der Waals surface area contributed by atoms with E-state index >= 15 is 0 Å². The molecule has 4 rings (SSSR count). The average Bonchev–Trinajstić information content (AvgIpc) is 2.76. The number of ketones is 3. The number of hydrogen-bond acceptors (Lipinski definition) is 7. The Morgan fingerprint density at radius 3 is 2.28 bits per heavy atom. The highest BCUT2D eigenvalue weighted by molar-refractivity contribution is 6.28. The summed E-state index contributed by atoms with van der Waals surface area (Å²) in [6.07, 6.45) is 0. The van der Waals surface area contributed by atoms with Crippen LogP contribution in [0.1, 0.15) is 31.1 Å². The predicted octanol–water partition coefficient (Wildman–Crippen LogP) is 2.55. The van der Waals surface area contributed by atoms with Crippen molar-refractivity contribution in [3.05, 3.63) is 88.0 Å². The summed E-state index contributed by atoms with van der Waals surface area (Å²) in [4.78, 5) is 39.4. The minimum atomic E-state index is -1.33. The molecule has 2 aromatic rings. The van der Waals surface area contributed by atoms with Gasteiger partial charge in [0.1, 0.15) is 17.4 Å². The number of nitrogens with two attached hydrogens (primary N) is 1. The number of Topliss-reactive ketones (excluding diaryl/α,β-unsaturated/α-hetero) is 3. The Bertz CT molecular complexity index is 1180. The number of fused-ring (bicyclic) bond motifs is 1. The molecule has 1 unspecified atom stereocenters. The second-order valence-electron chi connectivity index (χ2n) is 6.46. The first-order chi connectivity index (χ1) is 14.0. The maximum atomic E-state index is 13.3. The Morgan fingerprint density at radius 1 is 1.07 bits per heavy atom. The van der Waals surface area contributed by atoms with Gasteiger partial charge in [0.2, 0.25) is 11.7 Å². The van der Waals surface area contributed by atoms with Crippen molar-refractivity contribution in [3.63, 3.8) is 0 Å². The van der Waals surface area contributed by atoms with Crippen LogP contribution >= 0.6 is 0 Å². The van der Waals surface area contributed by atoms with E-state index in [4.69, 9.17) is 15.2 Å². The van der Waals surface area contributed by atoms with Crippen molar-refractivity contribution in [1.82, 2.24) is 0 Å². The van der Waals surface area contributed by atoms with Gasteiger partial charge in [-0.2, -0.15) is 5.26 Å². The van der Waals surface area contributed by atoms with Gasteiger partial charge in [-0.3, -0.25) is 14.4 Å². The highest BCUT2D eigenvalue weighted by Crippen LogP contribution is 2.40. The van der Waals surface area contributed by atoms with E-state index in [0.29, 0.717) is 5.75 Å². The van der Waals surface area contributed by atoms with E-state index in [-0.39, 0.29) is 39.5 Å². The lowest BCUT2D eigenvalue weighted by atomic mass is 9.75. The third-order valence-corrected chi connectivity index (χ3v) is 4.92. The summed E-state index contributed by atoms with van der Waals surface area (Å²) in [5.41, 5.74) is 6.04. The first kappa shape index (κ1) is 18.2. The number of nitrogens with zero attached hydrogens (tertiary/aromatic N) is 1. The molecule has 2 N–H and O–H groups in total. The molecule has 1 aliphatic carbocycles. The number of rotatable bonds is 3. The molecule has 142 valence electrons. The molecule has 1 atom stereocenters. The summed E-state index contributed by atoms with van der Waals surface area (Å²) in [6, 6.07) is 14.3. The van der Waals surface area contributed by atoms with E-state index in [1.165, 1.54) is 31.4 Å². The zero-order chi connectivity index (χ0) is 20.7. The lowest BCUT2D eigenvalue weighted by Gasteiger charge is -2.29. The topological polar surface area (TPSA) is 119 Å². The summed E-state index contributed by atoms with van der Waals surface area (Å²) < 4.78 is 10.4. The van der Waals surface area contributed by atoms with Crippen LogP contribution in [0.4, 0.5) is 0 Å². The molecular formula is C22H14N2O5. The van der Waals surface area contributed by atoms with Crippen LogP contribution in [0.3, 0.4) is 0 Å². The van der Waals surface area contributed by atoms with Crippen molar-refractivity contribution >= 4 is 17.3 Å². The molecule has 0 aromatic heterocycles. The first-order valence-electron chi connectivity index (χ1n) is 8.66. The van der Waals surface area contributed by atoms with Gasteiger partial charge in [-0.15, -0.1) is 0 Å². The van der Waals surface area contributed by atoms with Crippen molar-refractivity contribution in [2.24, 2.45) is 11.7 Å². The monoisotopic (exact) mass is 386 g/mol. The summed E-state index contributed by atoms with van der Waals surface area (Å²) >= 11 is 0. The van der Waals surface area contributed by atoms with Gasteiger partial charge >= 0.3 is 0 Å². The zero-order valence-electron chi connectivity index (χ0n) is 15.3. The number of carbonyl (C=O) groups is 3. The highest BCUT2D eigenvalue weighted by Gasteiger charge is 2.46. The van der Waals surface area contributed by atoms with Crippen LogP contribution < -0.4 is 10.5 Å². The number of methoxy groups -OCH3 is 1. The normalized spacial score (nSPS) is 17.9. The number of ether oxygens (including phenoxy) is 2. The summed E-state index contributed by atoms with van der Waals surface area (Å²) in [7, 11) is 1.49. The van der Waals surface area contributed by atoms with Gasteiger partial charge in [0.25, 0.3) is 0 Å². The van der Waals surface area contributed by atoms with Crippen LogP contribution in [0.25, 0.3) is 0 Å². The van der Waals surface area contributed by atoms with Crippen molar-refractivity contribution in [1.29, 1.82) is 5.26 Å². The third-order valence-electron chi connectivity index (χ3n) is 4.92. The second kappa shape index (κ2) is 6.77. The maximum Gasteiger partial charge on any atom is 0.229 e. The molecular weight excluding hydrogens is 372 g/mol. The van der Waals surface area contributed by atoms with Gasteiger partial charge in [-0.25, -0.2) is 0 Å². The Morgan fingerprint density at radius 2 is 1.69 bits per heavy atom. The minimum Gasteiger partial charge on any atom is -0.497 e. The number of benzene rings is 2. The Balaban J connectivity index is 1.89. The van der Waals surface area contributed by atoms with Crippen molar-refractivity contribution in [3.8, 4) is 11.8 Å². The van der Waals surface area contributed by atoms with Crippen LogP contribution in [0, 0.1) is 17.2 Å². The molecule has 1 heterocycles. The summed E-state index contributed by atoms with van der Waals surface area (Å²) in [5.74, 6) is -3.09. The van der Waals surface area contributed by atoms with Crippen LogP contribution in [0.2, 0.25) is 0 Å². The molecule has 0 radical (unpaired) electrons. The Labute approximate surface area is 165 Å². The van der Waals surface area contributed by atoms with E-state index in [1.807, 2.05) is 6.07 Å². The Hall–Kier alpha value is -4.18. The number of hydrogen-bond donors (Lipinski definition) is 1. The number of nitriles is 1. The minimum absolute atomic E-state index is 0.158. The molecule has 0 fully saturated rings. The Kier molecular flexibility index (Phi) is 4.24. The van der Waals surface area contributed by atoms with Gasteiger partial charge in [0, 0.05) is 16.7 Å². The maximum absolute atomic E-state index is 13.3.